The number of aromatic nitrogens is 1. The molecule has 6 heteroatoms. The van der Waals surface area contributed by atoms with Crippen molar-refractivity contribution in [2.24, 2.45) is 0 Å². The van der Waals surface area contributed by atoms with Gasteiger partial charge in [0.15, 0.2) is 0 Å². The van der Waals surface area contributed by atoms with E-state index < -0.39 is 0 Å². The number of aryl methyl sites for hydroxylation is 1. The molecule has 6 nitrogen and oxygen atoms in total. The van der Waals surface area contributed by atoms with Crippen molar-refractivity contribution in [2.75, 3.05) is 16.0 Å². The maximum atomic E-state index is 12.5. The number of hydrogen-bond acceptors (Lipinski definition) is 4. The Morgan fingerprint density at radius 1 is 0.778 bits per heavy atom. The van der Waals surface area contributed by atoms with E-state index in [0.29, 0.717) is 16.9 Å². The molecule has 3 N–H and O–H groups in total. The van der Waals surface area contributed by atoms with Gasteiger partial charge in [0.2, 0.25) is 5.91 Å². The van der Waals surface area contributed by atoms with Crippen LogP contribution in [0.25, 0.3) is 0 Å². The zero-order chi connectivity index (χ0) is 19.2. The minimum Gasteiger partial charge on any atom is -0.354 e. The molecule has 0 aliphatic carbocycles. The lowest BCUT2D eigenvalue weighted by atomic mass is 10.2. The highest BCUT2D eigenvalue weighted by atomic mass is 16.2. The number of rotatable bonds is 5. The molecular weight excluding hydrogens is 340 g/mol. The Kier molecular flexibility index (Phi) is 5.47. The SMILES string of the molecule is CC(=O)Nc1ccc(NC(=O)c2cncc(Nc3ccc(C)cc3)c2)cc1. The molecule has 0 aliphatic heterocycles. The van der Waals surface area contributed by atoms with Gasteiger partial charge in [-0.15, -0.1) is 0 Å². The maximum Gasteiger partial charge on any atom is 0.257 e. The van der Waals surface area contributed by atoms with E-state index in [1.54, 1.807) is 36.5 Å². The molecule has 1 aromatic heterocycles. The first-order valence-corrected chi connectivity index (χ1v) is 8.47. The molecule has 2 amide bonds. The van der Waals surface area contributed by atoms with E-state index in [0.717, 1.165) is 11.4 Å². The van der Waals surface area contributed by atoms with Crippen molar-refractivity contribution in [3.05, 3.63) is 78.1 Å². The second-order valence-corrected chi connectivity index (χ2v) is 6.17. The lowest BCUT2D eigenvalue weighted by Gasteiger charge is -2.09. The Balaban J connectivity index is 1.67. The highest BCUT2D eigenvalue weighted by Crippen LogP contribution is 2.19. The first-order chi connectivity index (χ1) is 13.0. The summed E-state index contributed by atoms with van der Waals surface area (Å²) < 4.78 is 0. The lowest BCUT2D eigenvalue weighted by Crippen LogP contribution is -2.12. The Bertz CT molecular complexity index is 951. The van der Waals surface area contributed by atoms with Crippen LogP contribution in [-0.4, -0.2) is 16.8 Å². The van der Waals surface area contributed by atoms with Gasteiger partial charge in [0.25, 0.3) is 5.91 Å². The van der Waals surface area contributed by atoms with Crippen molar-refractivity contribution in [1.82, 2.24) is 4.98 Å². The van der Waals surface area contributed by atoms with Crippen LogP contribution in [0.5, 0.6) is 0 Å². The third-order valence-corrected chi connectivity index (χ3v) is 3.80. The average Bonchev–Trinajstić information content (AvgIpc) is 2.65. The summed E-state index contributed by atoms with van der Waals surface area (Å²) in [6.45, 7) is 3.47. The lowest BCUT2D eigenvalue weighted by molar-refractivity contribution is -0.114. The summed E-state index contributed by atoms with van der Waals surface area (Å²) in [6.07, 6.45) is 3.18. The molecule has 136 valence electrons. The highest BCUT2D eigenvalue weighted by Gasteiger charge is 2.08. The molecule has 0 radical (unpaired) electrons. The van der Waals surface area contributed by atoms with Gasteiger partial charge in [-0.1, -0.05) is 17.7 Å². The van der Waals surface area contributed by atoms with Crippen LogP contribution in [0.4, 0.5) is 22.7 Å². The van der Waals surface area contributed by atoms with E-state index in [1.165, 1.54) is 18.7 Å². The van der Waals surface area contributed by atoms with Crippen molar-refractivity contribution < 1.29 is 9.59 Å². The summed E-state index contributed by atoms with van der Waals surface area (Å²) in [6, 6.07) is 16.6. The molecule has 3 rings (SSSR count). The summed E-state index contributed by atoms with van der Waals surface area (Å²) in [7, 11) is 0. The number of pyridine rings is 1. The number of nitrogens with zero attached hydrogens (tertiary/aromatic N) is 1. The fourth-order valence-electron chi connectivity index (χ4n) is 2.48. The Morgan fingerprint density at radius 2 is 1.37 bits per heavy atom. The third kappa shape index (κ3) is 5.15. The zero-order valence-corrected chi connectivity index (χ0v) is 15.1. The second-order valence-electron chi connectivity index (χ2n) is 6.17. The van der Waals surface area contributed by atoms with Gasteiger partial charge in [-0.3, -0.25) is 14.6 Å². The topological polar surface area (TPSA) is 83.1 Å². The Hall–Kier alpha value is -3.67. The zero-order valence-electron chi connectivity index (χ0n) is 15.1. The molecular formula is C21H20N4O2. The number of carbonyl (C=O) groups excluding carboxylic acids is 2. The van der Waals surface area contributed by atoms with E-state index in [4.69, 9.17) is 0 Å². The summed E-state index contributed by atoms with van der Waals surface area (Å²) >= 11 is 0. The molecule has 1 heterocycles. The molecule has 0 fully saturated rings. The molecule has 3 aromatic rings. The van der Waals surface area contributed by atoms with Gasteiger partial charge in [0.05, 0.1) is 17.4 Å². The van der Waals surface area contributed by atoms with Crippen molar-refractivity contribution >= 4 is 34.6 Å². The maximum absolute atomic E-state index is 12.5. The molecule has 0 unspecified atom stereocenters. The van der Waals surface area contributed by atoms with Crippen LogP contribution in [0.15, 0.2) is 67.0 Å². The van der Waals surface area contributed by atoms with Gasteiger partial charge in [0.1, 0.15) is 0 Å². The quantitative estimate of drug-likeness (QED) is 0.632. The van der Waals surface area contributed by atoms with E-state index in [-0.39, 0.29) is 11.8 Å². The highest BCUT2D eigenvalue weighted by molar-refractivity contribution is 6.04. The van der Waals surface area contributed by atoms with Crippen molar-refractivity contribution in [1.29, 1.82) is 0 Å². The number of amides is 2. The number of carbonyl (C=O) groups is 2. The average molecular weight is 360 g/mol. The molecule has 0 saturated carbocycles. The van der Waals surface area contributed by atoms with E-state index in [1.807, 2.05) is 31.2 Å². The Labute approximate surface area is 157 Å². The van der Waals surface area contributed by atoms with Gasteiger partial charge < -0.3 is 16.0 Å². The number of benzene rings is 2. The summed E-state index contributed by atoms with van der Waals surface area (Å²) in [4.78, 5) is 27.7. The largest absolute Gasteiger partial charge is 0.354 e. The first kappa shape index (κ1) is 18.1. The number of anilines is 4. The van der Waals surface area contributed by atoms with Crippen molar-refractivity contribution in [3.63, 3.8) is 0 Å². The van der Waals surface area contributed by atoms with Crippen LogP contribution in [0.1, 0.15) is 22.8 Å². The molecule has 0 spiro atoms. The molecule has 0 atom stereocenters. The van der Waals surface area contributed by atoms with Gasteiger partial charge in [-0.25, -0.2) is 0 Å². The third-order valence-electron chi connectivity index (χ3n) is 3.80. The minimum atomic E-state index is -0.262. The van der Waals surface area contributed by atoms with Gasteiger partial charge >= 0.3 is 0 Å². The number of nitrogens with one attached hydrogen (secondary N) is 3. The van der Waals surface area contributed by atoms with Crippen LogP contribution < -0.4 is 16.0 Å². The normalized spacial score (nSPS) is 10.1. The molecule has 0 aliphatic rings. The monoisotopic (exact) mass is 360 g/mol. The molecule has 2 aromatic carbocycles. The molecule has 0 bridgehead atoms. The van der Waals surface area contributed by atoms with Crippen LogP contribution in [0, 0.1) is 6.92 Å². The van der Waals surface area contributed by atoms with Crippen LogP contribution in [0.2, 0.25) is 0 Å². The van der Waals surface area contributed by atoms with Crippen LogP contribution >= 0.6 is 0 Å². The standard InChI is InChI=1S/C21H20N4O2/c1-14-3-5-18(6-4-14)24-20-11-16(12-22-13-20)21(27)25-19-9-7-17(8-10-19)23-15(2)26/h3-13,24H,1-2H3,(H,23,26)(H,25,27). The Morgan fingerprint density at radius 3 is 2.00 bits per heavy atom. The molecule has 27 heavy (non-hydrogen) atoms. The van der Waals surface area contributed by atoms with Crippen LogP contribution in [0.3, 0.4) is 0 Å². The molecule has 0 saturated heterocycles. The number of hydrogen-bond donors (Lipinski definition) is 3. The summed E-state index contributed by atoms with van der Waals surface area (Å²) in [5, 5.41) is 8.73. The summed E-state index contributed by atoms with van der Waals surface area (Å²) in [5.41, 5.74) is 4.58. The summed E-state index contributed by atoms with van der Waals surface area (Å²) in [5.74, 6) is -0.405. The second kappa shape index (κ2) is 8.14. The van der Waals surface area contributed by atoms with Gasteiger partial charge in [0, 0.05) is 30.2 Å². The fraction of sp³-hybridized carbons (Fsp3) is 0.0952. The minimum absolute atomic E-state index is 0.143. The van der Waals surface area contributed by atoms with Crippen LogP contribution in [-0.2, 0) is 4.79 Å². The first-order valence-electron chi connectivity index (χ1n) is 8.47. The van der Waals surface area contributed by atoms with Gasteiger partial charge in [-0.2, -0.15) is 0 Å². The predicted octanol–water partition coefficient (Wildman–Crippen LogP) is 4.34. The van der Waals surface area contributed by atoms with Gasteiger partial charge in [-0.05, 0) is 49.4 Å². The van der Waals surface area contributed by atoms with Crippen molar-refractivity contribution in [2.45, 2.75) is 13.8 Å². The fourth-order valence-corrected chi connectivity index (χ4v) is 2.48. The van der Waals surface area contributed by atoms with Crippen molar-refractivity contribution in [3.8, 4) is 0 Å². The van der Waals surface area contributed by atoms with E-state index in [9.17, 15) is 9.59 Å². The van der Waals surface area contributed by atoms with E-state index in [2.05, 4.69) is 20.9 Å². The van der Waals surface area contributed by atoms with E-state index >= 15 is 0 Å². The predicted molar refractivity (Wildman–Crippen MR) is 107 cm³/mol. The smallest absolute Gasteiger partial charge is 0.257 e.